The number of unbranched alkanes of at least 4 members (excludes halogenated alkanes) is 8. The van der Waals surface area contributed by atoms with Crippen molar-refractivity contribution in [3.63, 3.8) is 0 Å². The SMILES string of the molecule is CC/C=C\C/C=C\C/C=C\C/C=C\C/C=C\CCCC(=O)NC(CS(=O)(=O)O)C(O)/C=C/CC/C=C/CCCCCCCC. The average molecular weight is 632 g/mol. The Morgan fingerprint density at radius 3 is 1.70 bits per heavy atom. The summed E-state index contributed by atoms with van der Waals surface area (Å²) in [7, 11) is -4.37. The normalized spacial score (nSPS) is 14.5. The first-order chi connectivity index (χ1) is 21.3. The molecular formula is C37H61NO5S. The van der Waals surface area contributed by atoms with Crippen LogP contribution in [0.25, 0.3) is 0 Å². The van der Waals surface area contributed by atoms with Crippen LogP contribution in [0.15, 0.2) is 85.1 Å². The van der Waals surface area contributed by atoms with E-state index in [4.69, 9.17) is 0 Å². The summed E-state index contributed by atoms with van der Waals surface area (Å²) in [6.07, 6.45) is 44.3. The molecule has 250 valence electrons. The van der Waals surface area contributed by atoms with Crippen LogP contribution in [0.2, 0.25) is 0 Å². The Kier molecular flexibility index (Phi) is 28.8. The van der Waals surface area contributed by atoms with Crippen LogP contribution in [0, 0.1) is 0 Å². The lowest BCUT2D eigenvalue weighted by molar-refractivity contribution is -0.122. The molecule has 0 saturated heterocycles. The zero-order valence-corrected chi connectivity index (χ0v) is 28.3. The number of aliphatic hydroxyl groups excluding tert-OH is 1. The fraction of sp³-hybridized carbons (Fsp3) is 0.595. The van der Waals surface area contributed by atoms with Gasteiger partial charge in [0.2, 0.25) is 5.91 Å². The van der Waals surface area contributed by atoms with E-state index in [9.17, 15) is 22.9 Å². The molecule has 2 unspecified atom stereocenters. The minimum atomic E-state index is -4.37. The lowest BCUT2D eigenvalue weighted by Gasteiger charge is -2.21. The van der Waals surface area contributed by atoms with Gasteiger partial charge in [0.15, 0.2) is 0 Å². The van der Waals surface area contributed by atoms with Crippen molar-refractivity contribution in [1.82, 2.24) is 5.32 Å². The standard InChI is InChI=1S/C37H61NO5S/c1-3-5-7-9-11-13-15-17-18-19-20-21-23-25-27-29-31-33-37(40)38-35(34-44(41,42)43)36(39)32-30-28-26-24-22-16-14-12-10-8-6-4-2/h5,7,11,13,17-18,20-22,24-25,27,30,32,35-36,39H,3-4,6,8-10,12,14-16,19,23,26,28-29,31,33-34H2,1-2H3,(H,38,40)(H,41,42,43)/b7-5-,13-11-,18-17-,21-20-,24-22+,27-25-,32-30+. The highest BCUT2D eigenvalue weighted by atomic mass is 32.2. The van der Waals surface area contributed by atoms with E-state index in [0.717, 1.165) is 51.4 Å². The van der Waals surface area contributed by atoms with E-state index in [1.54, 1.807) is 6.08 Å². The Morgan fingerprint density at radius 2 is 1.11 bits per heavy atom. The van der Waals surface area contributed by atoms with E-state index in [2.05, 4.69) is 86.0 Å². The van der Waals surface area contributed by atoms with Gasteiger partial charge in [0.25, 0.3) is 10.1 Å². The Balaban J connectivity index is 4.24. The molecule has 0 spiro atoms. The van der Waals surface area contributed by atoms with Crippen LogP contribution in [0.5, 0.6) is 0 Å². The molecule has 0 rings (SSSR count). The van der Waals surface area contributed by atoms with Crippen molar-refractivity contribution in [3.05, 3.63) is 85.1 Å². The Bertz CT molecular complexity index is 1000. The van der Waals surface area contributed by atoms with E-state index in [1.807, 2.05) is 6.08 Å². The summed E-state index contributed by atoms with van der Waals surface area (Å²) < 4.78 is 32.2. The van der Waals surface area contributed by atoms with Gasteiger partial charge in [-0.1, -0.05) is 131 Å². The Morgan fingerprint density at radius 1 is 0.636 bits per heavy atom. The molecule has 2 atom stereocenters. The molecule has 44 heavy (non-hydrogen) atoms. The number of nitrogens with one attached hydrogen (secondary N) is 1. The summed E-state index contributed by atoms with van der Waals surface area (Å²) in [4.78, 5) is 12.4. The number of amides is 1. The first-order valence-electron chi connectivity index (χ1n) is 16.8. The van der Waals surface area contributed by atoms with Gasteiger partial charge in [-0.3, -0.25) is 9.35 Å². The zero-order chi connectivity index (χ0) is 32.6. The van der Waals surface area contributed by atoms with Gasteiger partial charge in [0.1, 0.15) is 0 Å². The van der Waals surface area contributed by atoms with Crippen LogP contribution in [-0.2, 0) is 14.9 Å². The largest absolute Gasteiger partial charge is 0.387 e. The third-order valence-corrected chi connectivity index (χ3v) is 7.59. The van der Waals surface area contributed by atoms with Gasteiger partial charge in [0.05, 0.1) is 17.9 Å². The molecule has 0 aliphatic heterocycles. The molecule has 0 saturated carbocycles. The van der Waals surface area contributed by atoms with Crippen LogP contribution in [0.4, 0.5) is 0 Å². The topological polar surface area (TPSA) is 104 Å². The van der Waals surface area contributed by atoms with Crippen LogP contribution in [0.3, 0.4) is 0 Å². The van der Waals surface area contributed by atoms with Gasteiger partial charge < -0.3 is 10.4 Å². The Labute approximate surface area is 269 Å². The second-order valence-electron chi connectivity index (χ2n) is 11.0. The van der Waals surface area contributed by atoms with E-state index in [1.165, 1.54) is 44.6 Å². The predicted molar refractivity (Wildman–Crippen MR) is 188 cm³/mol. The summed E-state index contributed by atoms with van der Waals surface area (Å²) >= 11 is 0. The van der Waals surface area contributed by atoms with Crippen molar-refractivity contribution in [1.29, 1.82) is 0 Å². The second-order valence-corrected chi connectivity index (χ2v) is 12.5. The summed E-state index contributed by atoms with van der Waals surface area (Å²) in [5.74, 6) is -1.09. The maximum absolute atomic E-state index is 12.4. The Hall–Kier alpha value is -2.48. The third-order valence-electron chi connectivity index (χ3n) is 6.81. The minimum Gasteiger partial charge on any atom is -0.387 e. The molecule has 0 aromatic rings. The van der Waals surface area contributed by atoms with Gasteiger partial charge in [-0.05, 0) is 70.6 Å². The van der Waals surface area contributed by atoms with Crippen molar-refractivity contribution >= 4 is 16.0 Å². The molecule has 0 fully saturated rings. The molecule has 0 aromatic heterocycles. The predicted octanol–water partition coefficient (Wildman–Crippen LogP) is 9.28. The number of carbonyl (C=O) groups excluding carboxylic acids is 1. The van der Waals surface area contributed by atoms with E-state index >= 15 is 0 Å². The molecule has 0 bridgehead atoms. The highest BCUT2D eigenvalue weighted by Gasteiger charge is 2.24. The van der Waals surface area contributed by atoms with Crippen LogP contribution < -0.4 is 5.32 Å². The smallest absolute Gasteiger partial charge is 0.267 e. The van der Waals surface area contributed by atoms with Gasteiger partial charge >= 0.3 is 0 Å². The lowest BCUT2D eigenvalue weighted by Crippen LogP contribution is -2.46. The van der Waals surface area contributed by atoms with Crippen molar-refractivity contribution in [2.24, 2.45) is 0 Å². The van der Waals surface area contributed by atoms with Gasteiger partial charge in [0, 0.05) is 6.42 Å². The third kappa shape index (κ3) is 31.0. The summed E-state index contributed by atoms with van der Waals surface area (Å²) in [5, 5.41) is 13.1. The van der Waals surface area contributed by atoms with Crippen LogP contribution in [-0.4, -0.2) is 41.9 Å². The fourth-order valence-electron chi connectivity index (χ4n) is 4.32. The molecule has 0 heterocycles. The molecule has 3 N–H and O–H groups in total. The summed E-state index contributed by atoms with van der Waals surface area (Å²) in [6.45, 7) is 4.35. The van der Waals surface area contributed by atoms with Gasteiger partial charge in [-0.25, -0.2) is 0 Å². The van der Waals surface area contributed by atoms with E-state index in [0.29, 0.717) is 12.8 Å². The maximum atomic E-state index is 12.4. The number of carbonyl (C=O) groups is 1. The molecule has 0 radical (unpaired) electrons. The number of rotatable bonds is 28. The molecule has 0 aromatic carbocycles. The maximum Gasteiger partial charge on any atom is 0.267 e. The first kappa shape index (κ1) is 41.5. The van der Waals surface area contributed by atoms with E-state index in [-0.39, 0.29) is 12.3 Å². The molecule has 6 nitrogen and oxygen atoms in total. The number of aliphatic hydroxyl groups is 1. The lowest BCUT2D eigenvalue weighted by atomic mass is 10.1. The average Bonchev–Trinajstić information content (AvgIpc) is 2.98. The quantitative estimate of drug-likeness (QED) is 0.0454. The number of hydrogen-bond donors (Lipinski definition) is 3. The van der Waals surface area contributed by atoms with Crippen LogP contribution in [0.1, 0.15) is 123 Å². The second kappa shape index (κ2) is 30.5. The molecular weight excluding hydrogens is 570 g/mol. The molecule has 1 amide bonds. The highest BCUT2D eigenvalue weighted by molar-refractivity contribution is 7.85. The summed E-state index contributed by atoms with van der Waals surface area (Å²) in [5.41, 5.74) is 0. The van der Waals surface area contributed by atoms with E-state index < -0.39 is 28.0 Å². The van der Waals surface area contributed by atoms with Gasteiger partial charge in [-0.15, -0.1) is 0 Å². The first-order valence-corrected chi connectivity index (χ1v) is 18.4. The van der Waals surface area contributed by atoms with Crippen molar-refractivity contribution in [3.8, 4) is 0 Å². The number of allylic oxidation sites excluding steroid dienone is 13. The fourth-order valence-corrected chi connectivity index (χ4v) is 5.06. The number of hydrogen-bond acceptors (Lipinski definition) is 4. The van der Waals surface area contributed by atoms with Crippen molar-refractivity contribution in [2.45, 2.75) is 135 Å². The summed E-state index contributed by atoms with van der Waals surface area (Å²) in [6, 6.07) is -1.11. The van der Waals surface area contributed by atoms with Crippen molar-refractivity contribution < 1.29 is 22.9 Å². The minimum absolute atomic E-state index is 0.204. The van der Waals surface area contributed by atoms with Crippen LogP contribution >= 0.6 is 0 Å². The van der Waals surface area contributed by atoms with Crippen molar-refractivity contribution in [2.75, 3.05) is 5.75 Å². The monoisotopic (exact) mass is 631 g/mol. The molecule has 7 heteroatoms. The zero-order valence-electron chi connectivity index (χ0n) is 27.5. The molecule has 0 aliphatic rings. The highest BCUT2D eigenvalue weighted by Crippen LogP contribution is 2.08. The van der Waals surface area contributed by atoms with Gasteiger partial charge in [-0.2, -0.15) is 8.42 Å². The molecule has 0 aliphatic carbocycles.